The Morgan fingerprint density at radius 3 is 2.90 bits per heavy atom. The Hall–Kier alpha value is -2.14. The van der Waals surface area contributed by atoms with Gasteiger partial charge in [0.2, 0.25) is 0 Å². The van der Waals surface area contributed by atoms with E-state index in [-0.39, 0.29) is 18.0 Å². The minimum absolute atomic E-state index is 0.0756. The number of benzene rings is 1. The van der Waals surface area contributed by atoms with Gasteiger partial charge in [-0.1, -0.05) is 24.3 Å². The third kappa shape index (κ3) is 2.00. The monoisotopic (exact) mass is 270 g/mol. The fraction of sp³-hybridized carbons (Fsp3) is 0.333. The molecule has 2 unspecified atom stereocenters. The highest BCUT2D eigenvalue weighted by Gasteiger charge is 2.31. The van der Waals surface area contributed by atoms with Crippen LogP contribution in [0.2, 0.25) is 0 Å². The van der Waals surface area contributed by atoms with Gasteiger partial charge in [0, 0.05) is 18.8 Å². The van der Waals surface area contributed by atoms with E-state index in [1.54, 1.807) is 10.9 Å². The predicted molar refractivity (Wildman–Crippen MR) is 76.3 cm³/mol. The van der Waals surface area contributed by atoms with Crippen LogP contribution in [0, 0.1) is 6.92 Å². The van der Waals surface area contributed by atoms with Crippen molar-refractivity contribution in [3.05, 3.63) is 52.8 Å². The van der Waals surface area contributed by atoms with E-state index in [4.69, 9.17) is 5.73 Å². The van der Waals surface area contributed by atoms with Crippen LogP contribution in [0.15, 0.2) is 30.5 Å². The van der Waals surface area contributed by atoms with Gasteiger partial charge in [0.25, 0.3) is 5.91 Å². The summed E-state index contributed by atoms with van der Waals surface area (Å²) in [4.78, 5) is 12.4. The van der Waals surface area contributed by atoms with Gasteiger partial charge in [-0.2, -0.15) is 5.10 Å². The van der Waals surface area contributed by atoms with Gasteiger partial charge < -0.3 is 11.1 Å². The second kappa shape index (κ2) is 4.76. The lowest BCUT2D eigenvalue weighted by atomic mass is 10.1. The maximum Gasteiger partial charge on any atom is 0.255 e. The molecular weight excluding hydrogens is 252 g/mol. The Bertz CT molecular complexity index is 662. The molecule has 0 spiro atoms. The first-order chi connectivity index (χ1) is 9.58. The molecule has 1 aliphatic carbocycles. The smallest absolute Gasteiger partial charge is 0.255 e. The summed E-state index contributed by atoms with van der Waals surface area (Å²) in [6.07, 6.45) is 2.39. The molecule has 0 radical (unpaired) electrons. The van der Waals surface area contributed by atoms with Crippen LogP contribution in [-0.2, 0) is 13.5 Å². The Morgan fingerprint density at radius 2 is 2.20 bits per heavy atom. The van der Waals surface area contributed by atoms with Crippen molar-refractivity contribution >= 4 is 5.91 Å². The molecule has 0 bridgehead atoms. The molecule has 0 saturated carbocycles. The number of amides is 1. The third-order valence-corrected chi connectivity index (χ3v) is 4.04. The molecule has 3 N–H and O–H groups in total. The van der Waals surface area contributed by atoms with E-state index in [9.17, 15) is 4.79 Å². The average molecular weight is 270 g/mol. The zero-order valence-electron chi connectivity index (χ0n) is 11.6. The van der Waals surface area contributed by atoms with E-state index in [0.717, 1.165) is 17.7 Å². The topological polar surface area (TPSA) is 72.9 Å². The lowest BCUT2D eigenvalue weighted by Crippen LogP contribution is -2.38. The van der Waals surface area contributed by atoms with E-state index >= 15 is 0 Å². The van der Waals surface area contributed by atoms with Gasteiger partial charge in [-0.25, -0.2) is 0 Å². The number of aromatic nitrogens is 2. The van der Waals surface area contributed by atoms with E-state index in [0.29, 0.717) is 5.56 Å². The maximum atomic E-state index is 12.4. The minimum atomic E-state index is -0.127. The van der Waals surface area contributed by atoms with Crippen LogP contribution in [0.5, 0.6) is 0 Å². The van der Waals surface area contributed by atoms with Crippen LogP contribution in [0.25, 0.3) is 0 Å². The minimum Gasteiger partial charge on any atom is -0.344 e. The van der Waals surface area contributed by atoms with Crippen LogP contribution in [0.3, 0.4) is 0 Å². The lowest BCUT2D eigenvalue weighted by Gasteiger charge is -2.18. The second-order valence-electron chi connectivity index (χ2n) is 5.29. The van der Waals surface area contributed by atoms with Crippen LogP contribution < -0.4 is 11.1 Å². The highest BCUT2D eigenvalue weighted by molar-refractivity contribution is 5.95. The summed E-state index contributed by atoms with van der Waals surface area (Å²) in [5, 5.41) is 7.14. The van der Waals surface area contributed by atoms with Crippen molar-refractivity contribution < 1.29 is 4.79 Å². The Morgan fingerprint density at radius 1 is 1.45 bits per heavy atom. The third-order valence-electron chi connectivity index (χ3n) is 4.04. The summed E-state index contributed by atoms with van der Waals surface area (Å²) >= 11 is 0. The molecule has 0 fully saturated rings. The summed E-state index contributed by atoms with van der Waals surface area (Å²) in [6, 6.07) is 7.87. The molecule has 104 valence electrons. The fourth-order valence-electron chi connectivity index (χ4n) is 2.75. The number of aryl methyl sites for hydroxylation is 1. The standard InChI is InChI=1S/C15H18N4O/c1-9-12(8-17-19(9)2)15(20)18-14-11-6-4-3-5-10(11)7-13(14)16/h3-6,8,13-14H,7,16H2,1-2H3,(H,18,20). The summed E-state index contributed by atoms with van der Waals surface area (Å²) in [6.45, 7) is 1.88. The summed E-state index contributed by atoms with van der Waals surface area (Å²) < 4.78 is 1.69. The number of carbonyl (C=O) groups excluding carboxylic acids is 1. The molecule has 5 nitrogen and oxygen atoms in total. The fourth-order valence-corrected chi connectivity index (χ4v) is 2.75. The van der Waals surface area contributed by atoms with Crippen molar-refractivity contribution in [2.24, 2.45) is 12.8 Å². The SMILES string of the molecule is Cc1c(C(=O)NC2c3ccccc3CC2N)cnn1C. The van der Waals surface area contributed by atoms with Crippen molar-refractivity contribution in [1.29, 1.82) is 0 Å². The van der Waals surface area contributed by atoms with Gasteiger partial charge in [-0.15, -0.1) is 0 Å². The molecule has 1 aromatic heterocycles. The molecule has 1 aliphatic rings. The number of hydrogen-bond donors (Lipinski definition) is 2. The maximum absolute atomic E-state index is 12.4. The number of fused-ring (bicyclic) bond motifs is 1. The van der Waals surface area contributed by atoms with E-state index < -0.39 is 0 Å². The molecule has 20 heavy (non-hydrogen) atoms. The first-order valence-electron chi connectivity index (χ1n) is 6.70. The van der Waals surface area contributed by atoms with Crippen LogP contribution in [-0.4, -0.2) is 21.7 Å². The zero-order valence-corrected chi connectivity index (χ0v) is 11.6. The van der Waals surface area contributed by atoms with Gasteiger partial charge in [0.05, 0.1) is 17.8 Å². The largest absolute Gasteiger partial charge is 0.344 e. The first kappa shape index (κ1) is 12.9. The quantitative estimate of drug-likeness (QED) is 0.857. The number of nitrogens with one attached hydrogen (secondary N) is 1. The molecule has 0 aliphatic heterocycles. The molecule has 2 aromatic rings. The number of carbonyl (C=O) groups is 1. The van der Waals surface area contributed by atoms with E-state index in [1.165, 1.54) is 5.56 Å². The molecule has 2 atom stereocenters. The van der Waals surface area contributed by atoms with Gasteiger partial charge in [-0.3, -0.25) is 9.48 Å². The van der Waals surface area contributed by atoms with E-state index in [2.05, 4.69) is 16.5 Å². The molecule has 1 amide bonds. The normalized spacial score (nSPS) is 20.8. The Labute approximate surface area is 117 Å². The van der Waals surface area contributed by atoms with Gasteiger partial charge in [-0.05, 0) is 24.5 Å². The van der Waals surface area contributed by atoms with Gasteiger partial charge >= 0.3 is 0 Å². The van der Waals surface area contributed by atoms with Crippen molar-refractivity contribution in [2.45, 2.75) is 25.4 Å². The Kier molecular flexibility index (Phi) is 3.06. The van der Waals surface area contributed by atoms with Crippen molar-refractivity contribution in [3.8, 4) is 0 Å². The number of nitrogens with zero attached hydrogens (tertiary/aromatic N) is 2. The van der Waals surface area contributed by atoms with Crippen molar-refractivity contribution in [2.75, 3.05) is 0 Å². The van der Waals surface area contributed by atoms with Crippen molar-refractivity contribution in [3.63, 3.8) is 0 Å². The number of nitrogens with two attached hydrogens (primary N) is 1. The van der Waals surface area contributed by atoms with Crippen molar-refractivity contribution in [1.82, 2.24) is 15.1 Å². The number of hydrogen-bond acceptors (Lipinski definition) is 3. The molecule has 5 heteroatoms. The molecule has 1 heterocycles. The zero-order chi connectivity index (χ0) is 14.3. The summed E-state index contributed by atoms with van der Waals surface area (Å²) in [5.74, 6) is -0.118. The summed E-state index contributed by atoms with van der Waals surface area (Å²) in [5.41, 5.74) is 9.95. The number of rotatable bonds is 2. The van der Waals surface area contributed by atoms with Crippen LogP contribution in [0.1, 0.15) is 33.2 Å². The lowest BCUT2D eigenvalue weighted by molar-refractivity contribution is 0.0932. The molecule has 0 saturated heterocycles. The van der Waals surface area contributed by atoms with Crippen LogP contribution >= 0.6 is 0 Å². The highest BCUT2D eigenvalue weighted by atomic mass is 16.1. The molecule has 1 aromatic carbocycles. The molecular formula is C15H18N4O. The molecule has 3 rings (SSSR count). The Balaban J connectivity index is 1.85. The van der Waals surface area contributed by atoms with Gasteiger partial charge in [0.15, 0.2) is 0 Å². The average Bonchev–Trinajstić information content (AvgIpc) is 2.92. The predicted octanol–water partition coefficient (Wildman–Crippen LogP) is 1.08. The van der Waals surface area contributed by atoms with Crippen LogP contribution in [0.4, 0.5) is 0 Å². The van der Waals surface area contributed by atoms with Gasteiger partial charge in [0.1, 0.15) is 0 Å². The second-order valence-corrected chi connectivity index (χ2v) is 5.29. The first-order valence-corrected chi connectivity index (χ1v) is 6.70. The highest BCUT2D eigenvalue weighted by Crippen LogP contribution is 2.30. The van der Waals surface area contributed by atoms with E-state index in [1.807, 2.05) is 32.2 Å². The summed E-state index contributed by atoms with van der Waals surface area (Å²) in [7, 11) is 1.82.